The van der Waals surface area contributed by atoms with Gasteiger partial charge in [0.1, 0.15) is 0 Å². The Morgan fingerprint density at radius 1 is 0.955 bits per heavy atom. The number of amides is 2. The first-order valence-corrected chi connectivity index (χ1v) is 8.31. The van der Waals surface area contributed by atoms with Crippen LogP contribution in [0.15, 0.2) is 30.4 Å². The van der Waals surface area contributed by atoms with Gasteiger partial charge < -0.3 is 0 Å². The number of halogens is 2. The molecule has 0 radical (unpaired) electrons. The predicted molar refractivity (Wildman–Crippen MR) is 83.7 cm³/mol. The van der Waals surface area contributed by atoms with Crippen LogP contribution in [0.4, 0.5) is 5.69 Å². The Labute approximate surface area is 137 Å². The Kier molecular flexibility index (Phi) is 2.36. The van der Waals surface area contributed by atoms with Gasteiger partial charge in [-0.15, -0.1) is 0 Å². The molecule has 0 N–H and O–H groups in total. The molecule has 5 heteroatoms. The molecule has 4 atom stereocenters. The van der Waals surface area contributed by atoms with Crippen LogP contribution >= 0.6 is 23.2 Å². The molecular weight excluding hydrogens is 321 g/mol. The number of fused-ring (bicyclic) bond motifs is 3. The number of carbonyl (C=O) groups is 2. The van der Waals surface area contributed by atoms with Gasteiger partial charge in [0, 0.05) is 0 Å². The summed E-state index contributed by atoms with van der Waals surface area (Å²) in [5, 5.41) is 0.778. The quantitative estimate of drug-likeness (QED) is 0.580. The van der Waals surface area contributed by atoms with Gasteiger partial charge >= 0.3 is 0 Å². The highest BCUT2D eigenvalue weighted by molar-refractivity contribution is 6.42. The van der Waals surface area contributed by atoms with E-state index in [1.807, 2.05) is 0 Å². The van der Waals surface area contributed by atoms with E-state index in [0.717, 1.165) is 12.8 Å². The average molecular weight is 334 g/mol. The fraction of sp³-hybridized carbons (Fsp3) is 0.412. The van der Waals surface area contributed by atoms with E-state index in [4.69, 9.17) is 23.2 Å². The number of hydrogen-bond acceptors (Lipinski definition) is 2. The molecule has 2 saturated carbocycles. The molecule has 4 aliphatic rings. The van der Waals surface area contributed by atoms with Crippen molar-refractivity contribution in [3.05, 3.63) is 40.4 Å². The van der Waals surface area contributed by atoms with Crippen molar-refractivity contribution in [1.82, 2.24) is 0 Å². The summed E-state index contributed by atoms with van der Waals surface area (Å²) >= 11 is 12.0. The van der Waals surface area contributed by atoms with E-state index >= 15 is 0 Å². The number of imide groups is 1. The number of benzene rings is 1. The topological polar surface area (TPSA) is 37.4 Å². The number of rotatable bonds is 1. The third kappa shape index (κ3) is 1.35. The van der Waals surface area contributed by atoms with Crippen LogP contribution in [-0.2, 0) is 9.59 Å². The minimum atomic E-state index is -0.181. The second-order valence-electron chi connectivity index (χ2n) is 6.83. The predicted octanol–water partition coefficient (Wildman–Crippen LogP) is 3.70. The Hall–Kier alpha value is -1.32. The van der Waals surface area contributed by atoms with E-state index in [0.29, 0.717) is 15.7 Å². The Balaban J connectivity index is 1.57. The largest absolute Gasteiger partial charge is 0.274 e. The maximum absolute atomic E-state index is 12.9. The fourth-order valence-corrected chi connectivity index (χ4v) is 5.25. The van der Waals surface area contributed by atoms with Gasteiger partial charge in [0.25, 0.3) is 0 Å². The van der Waals surface area contributed by atoms with Gasteiger partial charge in [0.2, 0.25) is 11.8 Å². The summed E-state index contributed by atoms with van der Waals surface area (Å²) in [6.07, 6.45) is 6.63. The molecule has 22 heavy (non-hydrogen) atoms. The first-order chi connectivity index (χ1) is 10.5. The van der Waals surface area contributed by atoms with E-state index in [-0.39, 0.29) is 40.9 Å². The smallest absolute Gasteiger partial charge is 0.238 e. The summed E-state index contributed by atoms with van der Waals surface area (Å²) in [7, 11) is 0. The molecule has 1 saturated heterocycles. The lowest BCUT2D eigenvalue weighted by Gasteiger charge is -2.22. The van der Waals surface area contributed by atoms with Crippen molar-refractivity contribution in [2.45, 2.75) is 12.8 Å². The zero-order valence-electron chi connectivity index (χ0n) is 11.6. The molecule has 3 aliphatic carbocycles. The molecule has 2 amide bonds. The SMILES string of the molecule is O=C1[C@H]2[C@H](C(=O)N1c1ccc(Cl)c(Cl)c1)[C@H]1C=C[C@H]2C12CC2. The van der Waals surface area contributed by atoms with Gasteiger partial charge in [-0.3, -0.25) is 9.59 Å². The highest BCUT2D eigenvalue weighted by Crippen LogP contribution is 2.73. The van der Waals surface area contributed by atoms with Gasteiger partial charge in [0.05, 0.1) is 27.6 Å². The molecule has 1 aromatic carbocycles. The third-order valence-electron chi connectivity index (χ3n) is 6.01. The molecule has 1 aromatic rings. The van der Waals surface area contributed by atoms with E-state index in [2.05, 4.69) is 12.2 Å². The van der Waals surface area contributed by atoms with Crippen molar-refractivity contribution in [3.63, 3.8) is 0 Å². The molecule has 0 aromatic heterocycles. The number of allylic oxidation sites excluding steroid dienone is 2. The van der Waals surface area contributed by atoms with Gasteiger partial charge in [-0.1, -0.05) is 35.4 Å². The summed E-state index contributed by atoms with van der Waals surface area (Å²) in [5.41, 5.74) is 0.757. The summed E-state index contributed by atoms with van der Waals surface area (Å²) in [6, 6.07) is 4.92. The standard InChI is InChI=1S/C17H13Cl2NO2/c18-11-4-1-8(7-12(11)19)20-15(21)13-9-2-3-10(14(13)16(20)22)17(9)5-6-17/h1-4,7,9-10,13-14H,5-6H2/t9-,10-,13-,14-/m1/s1. The summed E-state index contributed by atoms with van der Waals surface area (Å²) < 4.78 is 0. The van der Waals surface area contributed by atoms with Crippen molar-refractivity contribution in [1.29, 1.82) is 0 Å². The highest BCUT2D eigenvalue weighted by atomic mass is 35.5. The van der Waals surface area contributed by atoms with Crippen molar-refractivity contribution in [3.8, 4) is 0 Å². The lowest BCUT2D eigenvalue weighted by atomic mass is 9.85. The molecule has 1 spiro atoms. The van der Waals surface area contributed by atoms with Gasteiger partial charge in [-0.25, -0.2) is 4.90 Å². The molecule has 2 bridgehead atoms. The average Bonchev–Trinajstić information content (AvgIpc) is 3.08. The zero-order valence-corrected chi connectivity index (χ0v) is 13.1. The van der Waals surface area contributed by atoms with Crippen LogP contribution < -0.4 is 4.90 Å². The molecule has 0 unspecified atom stereocenters. The second-order valence-corrected chi connectivity index (χ2v) is 7.65. The maximum Gasteiger partial charge on any atom is 0.238 e. The molecule has 112 valence electrons. The molecule has 5 rings (SSSR count). The second kappa shape index (κ2) is 3.95. The summed E-state index contributed by atoms with van der Waals surface area (Å²) in [5.74, 6) is -0.0228. The Morgan fingerprint density at radius 2 is 1.55 bits per heavy atom. The van der Waals surface area contributed by atoms with E-state index in [1.54, 1.807) is 18.2 Å². The van der Waals surface area contributed by atoms with Crippen LogP contribution in [0.5, 0.6) is 0 Å². The molecule has 3 nitrogen and oxygen atoms in total. The Bertz CT molecular complexity index is 734. The minimum Gasteiger partial charge on any atom is -0.274 e. The number of anilines is 1. The van der Waals surface area contributed by atoms with Crippen LogP contribution in [0, 0.1) is 29.1 Å². The molecule has 1 heterocycles. The number of hydrogen-bond donors (Lipinski definition) is 0. The maximum atomic E-state index is 12.9. The third-order valence-corrected chi connectivity index (χ3v) is 6.75. The van der Waals surface area contributed by atoms with Crippen LogP contribution in [0.1, 0.15) is 12.8 Å². The molecule has 3 fully saturated rings. The molecule has 1 aliphatic heterocycles. The highest BCUT2D eigenvalue weighted by Gasteiger charge is 2.73. The van der Waals surface area contributed by atoms with E-state index in [1.165, 1.54) is 4.90 Å². The van der Waals surface area contributed by atoms with Gasteiger partial charge in [0.15, 0.2) is 0 Å². The summed E-state index contributed by atoms with van der Waals surface area (Å²) in [6.45, 7) is 0. The van der Waals surface area contributed by atoms with Crippen molar-refractivity contribution in [2.24, 2.45) is 29.1 Å². The molecular formula is C17H13Cl2NO2. The number of nitrogens with zero attached hydrogens (tertiary/aromatic N) is 1. The Morgan fingerprint density at radius 3 is 2.05 bits per heavy atom. The van der Waals surface area contributed by atoms with Gasteiger partial charge in [-0.2, -0.15) is 0 Å². The monoisotopic (exact) mass is 333 g/mol. The lowest BCUT2D eigenvalue weighted by molar-refractivity contribution is -0.123. The van der Waals surface area contributed by atoms with Crippen LogP contribution in [0.3, 0.4) is 0 Å². The number of carbonyl (C=O) groups excluding carboxylic acids is 2. The lowest BCUT2D eigenvalue weighted by Crippen LogP contribution is -2.34. The van der Waals surface area contributed by atoms with Crippen molar-refractivity contribution in [2.75, 3.05) is 4.90 Å². The van der Waals surface area contributed by atoms with Gasteiger partial charge in [-0.05, 0) is 48.3 Å². The van der Waals surface area contributed by atoms with Crippen LogP contribution in [-0.4, -0.2) is 11.8 Å². The van der Waals surface area contributed by atoms with Crippen LogP contribution in [0.2, 0.25) is 10.0 Å². The van der Waals surface area contributed by atoms with E-state index in [9.17, 15) is 9.59 Å². The zero-order chi connectivity index (χ0) is 15.2. The summed E-state index contributed by atoms with van der Waals surface area (Å²) in [4.78, 5) is 27.1. The first kappa shape index (κ1) is 13.1. The van der Waals surface area contributed by atoms with E-state index < -0.39 is 0 Å². The normalized spacial score (nSPS) is 36.5. The minimum absolute atomic E-state index is 0.0727. The van der Waals surface area contributed by atoms with Crippen LogP contribution in [0.25, 0.3) is 0 Å². The first-order valence-electron chi connectivity index (χ1n) is 7.56. The van der Waals surface area contributed by atoms with Crippen molar-refractivity contribution >= 4 is 40.7 Å². The van der Waals surface area contributed by atoms with Crippen molar-refractivity contribution < 1.29 is 9.59 Å². The fourth-order valence-electron chi connectivity index (χ4n) is 4.96.